The van der Waals surface area contributed by atoms with E-state index in [0.29, 0.717) is 11.5 Å². The van der Waals surface area contributed by atoms with E-state index in [1.54, 1.807) is 30.3 Å². The van der Waals surface area contributed by atoms with Gasteiger partial charge < -0.3 is 4.42 Å². The molecule has 0 aliphatic heterocycles. The van der Waals surface area contributed by atoms with Crippen LogP contribution in [0.3, 0.4) is 0 Å². The highest BCUT2D eigenvalue weighted by atomic mass is 32.2. The van der Waals surface area contributed by atoms with Crippen LogP contribution >= 0.6 is 0 Å². The van der Waals surface area contributed by atoms with Crippen molar-refractivity contribution in [3.8, 4) is 11.5 Å². The van der Waals surface area contributed by atoms with Gasteiger partial charge in [0.2, 0.25) is 10.0 Å². The Morgan fingerprint density at radius 1 is 1.12 bits per heavy atom. The molecule has 3 aromatic rings. The second-order valence-electron chi connectivity index (χ2n) is 5.98. The molecule has 3 rings (SSSR count). The zero-order valence-corrected chi connectivity index (χ0v) is 15.3. The molecule has 0 spiro atoms. The average molecular weight is 373 g/mol. The molecule has 0 radical (unpaired) electrons. The smallest absolute Gasteiger partial charge is 0.266 e. The number of hydrogen-bond acceptors (Lipinski definition) is 5. The number of nitrogens with zero attached hydrogens (tertiary/aromatic N) is 2. The third-order valence-electron chi connectivity index (χ3n) is 3.76. The van der Waals surface area contributed by atoms with E-state index < -0.39 is 10.0 Å². The Balaban J connectivity index is 1.73. The molecule has 0 saturated carbocycles. The number of aryl methyl sites for hydroxylation is 2. The van der Waals surface area contributed by atoms with Gasteiger partial charge in [-0.25, -0.2) is 17.8 Å². The summed E-state index contributed by atoms with van der Waals surface area (Å²) in [5, 5.41) is 4.21. The van der Waals surface area contributed by atoms with Crippen LogP contribution in [-0.2, 0) is 16.6 Å². The van der Waals surface area contributed by atoms with E-state index in [2.05, 4.69) is 9.82 Å². The minimum Gasteiger partial charge on any atom is -0.463 e. The van der Waals surface area contributed by atoms with Gasteiger partial charge in [-0.2, -0.15) is 5.10 Å². The van der Waals surface area contributed by atoms with Crippen molar-refractivity contribution in [1.29, 1.82) is 0 Å². The number of benzene rings is 1. The van der Waals surface area contributed by atoms with Crippen molar-refractivity contribution >= 4 is 10.0 Å². The van der Waals surface area contributed by atoms with Crippen LogP contribution in [0.25, 0.3) is 11.5 Å². The van der Waals surface area contributed by atoms with Crippen LogP contribution in [0.2, 0.25) is 0 Å². The van der Waals surface area contributed by atoms with Crippen molar-refractivity contribution in [3.63, 3.8) is 0 Å². The lowest BCUT2D eigenvalue weighted by Gasteiger charge is -2.10. The molecule has 0 amide bonds. The fraction of sp³-hybridized carbons (Fsp3) is 0.222. The summed E-state index contributed by atoms with van der Waals surface area (Å²) in [6.07, 6.45) is 1.52. The van der Waals surface area contributed by atoms with Crippen LogP contribution in [0, 0.1) is 13.8 Å². The highest BCUT2D eigenvalue weighted by Crippen LogP contribution is 2.15. The molecular weight excluding hydrogens is 354 g/mol. The SMILES string of the molecule is Cc1cc(C)cc(S(=O)(=O)NCCn2nc(-c3ccco3)ccc2=O)c1. The molecule has 0 aliphatic carbocycles. The van der Waals surface area contributed by atoms with Crippen LogP contribution in [0.1, 0.15) is 11.1 Å². The van der Waals surface area contributed by atoms with E-state index in [-0.39, 0.29) is 23.5 Å². The van der Waals surface area contributed by atoms with Gasteiger partial charge in [0.1, 0.15) is 5.69 Å². The molecule has 2 aromatic heterocycles. The molecule has 1 aromatic carbocycles. The van der Waals surface area contributed by atoms with Crippen molar-refractivity contribution in [3.05, 3.63) is 70.2 Å². The molecule has 0 unspecified atom stereocenters. The van der Waals surface area contributed by atoms with Gasteiger partial charge in [-0.1, -0.05) is 6.07 Å². The Labute approximate surface area is 151 Å². The van der Waals surface area contributed by atoms with Crippen molar-refractivity contribution in [2.24, 2.45) is 0 Å². The topological polar surface area (TPSA) is 94.2 Å². The van der Waals surface area contributed by atoms with E-state index >= 15 is 0 Å². The van der Waals surface area contributed by atoms with Gasteiger partial charge in [-0.05, 0) is 55.3 Å². The Hall–Kier alpha value is -2.71. The summed E-state index contributed by atoms with van der Waals surface area (Å²) in [6, 6.07) is 11.5. The standard InChI is InChI=1S/C18H19N3O4S/c1-13-10-14(2)12-15(11-13)26(23,24)19-7-8-21-18(22)6-5-16(20-21)17-4-3-9-25-17/h3-6,9-12,19H,7-8H2,1-2H3. The van der Waals surface area contributed by atoms with Gasteiger partial charge in [0.25, 0.3) is 5.56 Å². The molecule has 7 nitrogen and oxygen atoms in total. The predicted octanol–water partition coefficient (Wildman–Crippen LogP) is 2.10. The lowest BCUT2D eigenvalue weighted by atomic mass is 10.2. The maximum absolute atomic E-state index is 12.4. The summed E-state index contributed by atoms with van der Waals surface area (Å²) < 4.78 is 33.8. The Morgan fingerprint density at radius 3 is 2.50 bits per heavy atom. The highest BCUT2D eigenvalue weighted by Gasteiger charge is 2.14. The minimum absolute atomic E-state index is 0.0455. The van der Waals surface area contributed by atoms with Crippen LogP contribution in [0.15, 0.2) is 62.8 Å². The number of hydrogen-bond donors (Lipinski definition) is 1. The lowest BCUT2D eigenvalue weighted by molar-refractivity contribution is 0.539. The average Bonchev–Trinajstić information content (AvgIpc) is 3.10. The summed E-state index contributed by atoms with van der Waals surface area (Å²) in [5.74, 6) is 0.537. The summed E-state index contributed by atoms with van der Waals surface area (Å²) in [7, 11) is -3.65. The van der Waals surface area contributed by atoms with Crippen molar-refractivity contribution < 1.29 is 12.8 Å². The number of furan rings is 1. The fourth-order valence-electron chi connectivity index (χ4n) is 2.62. The Kier molecular flexibility index (Phi) is 5.06. The highest BCUT2D eigenvalue weighted by molar-refractivity contribution is 7.89. The van der Waals surface area contributed by atoms with E-state index in [9.17, 15) is 13.2 Å². The quantitative estimate of drug-likeness (QED) is 0.714. The second kappa shape index (κ2) is 7.27. The molecule has 136 valence electrons. The fourth-order valence-corrected chi connectivity index (χ4v) is 3.83. The largest absolute Gasteiger partial charge is 0.463 e. The number of rotatable bonds is 6. The minimum atomic E-state index is -3.65. The van der Waals surface area contributed by atoms with Crippen molar-refractivity contribution in [1.82, 2.24) is 14.5 Å². The summed E-state index contributed by atoms with van der Waals surface area (Å²) in [6.45, 7) is 3.84. The van der Waals surface area contributed by atoms with Crippen LogP contribution < -0.4 is 10.3 Å². The summed E-state index contributed by atoms with van der Waals surface area (Å²) in [4.78, 5) is 12.2. The van der Waals surface area contributed by atoms with Gasteiger partial charge in [-0.15, -0.1) is 0 Å². The zero-order chi connectivity index (χ0) is 18.7. The maximum atomic E-state index is 12.4. The van der Waals surface area contributed by atoms with Gasteiger partial charge in [0, 0.05) is 12.6 Å². The predicted molar refractivity (Wildman–Crippen MR) is 97.3 cm³/mol. The number of nitrogens with one attached hydrogen (secondary N) is 1. The third-order valence-corrected chi connectivity index (χ3v) is 5.20. The lowest BCUT2D eigenvalue weighted by Crippen LogP contribution is -2.32. The summed E-state index contributed by atoms with van der Waals surface area (Å²) >= 11 is 0. The van der Waals surface area contributed by atoms with E-state index in [0.717, 1.165) is 11.1 Å². The number of sulfonamides is 1. The third kappa shape index (κ3) is 4.09. The molecule has 2 heterocycles. The molecule has 0 saturated heterocycles. The van der Waals surface area contributed by atoms with Crippen LogP contribution in [0.5, 0.6) is 0 Å². The molecule has 0 atom stereocenters. The first-order valence-corrected chi connectivity index (χ1v) is 9.53. The van der Waals surface area contributed by atoms with Crippen molar-refractivity contribution in [2.75, 3.05) is 6.54 Å². The van der Waals surface area contributed by atoms with Crippen molar-refractivity contribution in [2.45, 2.75) is 25.3 Å². The van der Waals surface area contributed by atoms with Gasteiger partial charge in [0.05, 0.1) is 17.7 Å². The molecular formula is C18H19N3O4S. The normalized spacial score (nSPS) is 11.6. The monoisotopic (exact) mass is 373 g/mol. The Morgan fingerprint density at radius 2 is 1.85 bits per heavy atom. The first-order chi connectivity index (χ1) is 12.3. The molecule has 0 bridgehead atoms. The maximum Gasteiger partial charge on any atom is 0.266 e. The molecule has 0 aliphatic rings. The van der Waals surface area contributed by atoms with Crippen LogP contribution in [0.4, 0.5) is 0 Å². The van der Waals surface area contributed by atoms with Gasteiger partial charge in [0.15, 0.2) is 5.76 Å². The Bertz CT molecular complexity index is 1050. The molecule has 26 heavy (non-hydrogen) atoms. The first kappa shape index (κ1) is 18.1. The molecule has 0 fully saturated rings. The van der Waals surface area contributed by atoms with Crippen LogP contribution in [-0.4, -0.2) is 24.7 Å². The van der Waals surface area contributed by atoms with E-state index in [1.165, 1.54) is 17.0 Å². The first-order valence-electron chi connectivity index (χ1n) is 8.05. The zero-order valence-electron chi connectivity index (χ0n) is 14.5. The molecule has 1 N–H and O–H groups in total. The number of aromatic nitrogens is 2. The second-order valence-corrected chi connectivity index (χ2v) is 7.75. The summed E-state index contributed by atoms with van der Waals surface area (Å²) in [5.41, 5.74) is 1.93. The molecule has 8 heteroatoms. The van der Waals surface area contributed by atoms with E-state index in [4.69, 9.17) is 4.42 Å². The van der Waals surface area contributed by atoms with E-state index in [1.807, 2.05) is 19.9 Å². The van der Waals surface area contributed by atoms with Gasteiger partial charge in [-0.3, -0.25) is 4.79 Å². The van der Waals surface area contributed by atoms with Gasteiger partial charge >= 0.3 is 0 Å².